The highest BCUT2D eigenvalue weighted by Crippen LogP contribution is 2.48. The molecule has 1 saturated heterocycles. The zero-order chi connectivity index (χ0) is 23.3. The molecule has 3 atom stereocenters. The topological polar surface area (TPSA) is 55.6 Å². The van der Waals surface area contributed by atoms with Crippen molar-refractivity contribution >= 4 is 29.3 Å². The Kier molecular flexibility index (Phi) is 6.15. The summed E-state index contributed by atoms with van der Waals surface area (Å²) in [6, 6.07) is 5.56. The first-order valence-electron chi connectivity index (χ1n) is 12.1. The lowest BCUT2D eigenvalue weighted by Crippen LogP contribution is -2.36. The summed E-state index contributed by atoms with van der Waals surface area (Å²) in [4.78, 5) is 14.4. The molecular weight excluding hydrogens is 459 g/mol. The van der Waals surface area contributed by atoms with Crippen LogP contribution in [0.25, 0.3) is 11.3 Å². The van der Waals surface area contributed by atoms with Crippen LogP contribution in [0.2, 0.25) is 10.0 Å². The second-order valence-corrected chi connectivity index (χ2v) is 11.8. The van der Waals surface area contributed by atoms with E-state index in [9.17, 15) is 4.79 Å². The van der Waals surface area contributed by atoms with Gasteiger partial charge in [0.15, 0.2) is 0 Å². The molecule has 1 amide bonds. The van der Waals surface area contributed by atoms with Crippen LogP contribution in [-0.2, 0) is 11.2 Å². The second-order valence-electron chi connectivity index (χ2n) is 11.0. The van der Waals surface area contributed by atoms with Crippen LogP contribution in [0.1, 0.15) is 70.1 Å². The van der Waals surface area contributed by atoms with Gasteiger partial charge in [-0.15, -0.1) is 0 Å². The molecule has 2 aliphatic carbocycles. The first-order chi connectivity index (χ1) is 15.7. The molecule has 5 nitrogen and oxygen atoms in total. The monoisotopic (exact) mass is 490 g/mol. The van der Waals surface area contributed by atoms with E-state index in [2.05, 4.69) is 5.16 Å². The summed E-state index contributed by atoms with van der Waals surface area (Å²) in [5.74, 6) is 3.30. The number of rotatable bonds is 5. The van der Waals surface area contributed by atoms with Crippen LogP contribution in [0.3, 0.4) is 0 Å². The minimum absolute atomic E-state index is 0.173. The van der Waals surface area contributed by atoms with Gasteiger partial charge in [-0.25, -0.2) is 4.79 Å². The Morgan fingerprint density at radius 1 is 1.15 bits per heavy atom. The highest BCUT2D eigenvalue weighted by Gasteiger charge is 2.43. The van der Waals surface area contributed by atoms with Gasteiger partial charge in [-0.05, 0) is 89.2 Å². The summed E-state index contributed by atoms with van der Waals surface area (Å²) < 4.78 is 11.4. The van der Waals surface area contributed by atoms with Crippen molar-refractivity contribution in [1.82, 2.24) is 10.1 Å². The number of fused-ring (bicyclic) bond motifs is 1. The molecule has 7 heteroatoms. The number of amides is 1. The molecule has 3 aliphatic rings. The fourth-order valence-electron chi connectivity index (χ4n) is 5.64. The van der Waals surface area contributed by atoms with Crippen molar-refractivity contribution in [2.45, 2.75) is 70.8 Å². The van der Waals surface area contributed by atoms with Crippen LogP contribution in [0.15, 0.2) is 22.7 Å². The van der Waals surface area contributed by atoms with E-state index in [1.807, 2.05) is 43.9 Å². The van der Waals surface area contributed by atoms with Gasteiger partial charge in [-0.2, -0.15) is 0 Å². The van der Waals surface area contributed by atoms with E-state index >= 15 is 0 Å². The third-order valence-corrected chi connectivity index (χ3v) is 7.90. The molecule has 2 aromatic rings. The van der Waals surface area contributed by atoms with E-state index in [-0.39, 0.29) is 6.09 Å². The Bertz CT molecular complexity index is 1010. The second kappa shape index (κ2) is 8.81. The van der Waals surface area contributed by atoms with Crippen LogP contribution in [0, 0.1) is 17.8 Å². The average Bonchev–Trinajstić information content (AvgIpc) is 3.18. The van der Waals surface area contributed by atoms with Gasteiger partial charge in [0, 0.05) is 30.1 Å². The van der Waals surface area contributed by atoms with Crippen molar-refractivity contribution in [3.63, 3.8) is 0 Å². The number of benzene rings is 1. The number of ether oxygens (including phenoxy) is 1. The van der Waals surface area contributed by atoms with E-state index in [1.165, 1.54) is 5.56 Å². The number of carbonyl (C=O) groups is 1. The third kappa shape index (κ3) is 4.90. The molecule has 1 aromatic heterocycles. The molecule has 5 rings (SSSR count). The molecule has 0 spiro atoms. The van der Waals surface area contributed by atoms with E-state index < -0.39 is 5.60 Å². The van der Waals surface area contributed by atoms with Crippen LogP contribution < -0.4 is 0 Å². The summed E-state index contributed by atoms with van der Waals surface area (Å²) in [5.41, 5.74) is 2.32. The van der Waals surface area contributed by atoms with Gasteiger partial charge in [0.25, 0.3) is 0 Å². The molecule has 1 unspecified atom stereocenters. The molecule has 3 fully saturated rings. The normalized spacial score (nSPS) is 24.9. The molecule has 2 saturated carbocycles. The van der Waals surface area contributed by atoms with Crippen molar-refractivity contribution in [2.24, 2.45) is 17.8 Å². The summed E-state index contributed by atoms with van der Waals surface area (Å²) in [6.45, 7) is 7.39. The molecule has 2 heterocycles. The lowest BCUT2D eigenvalue weighted by Gasteiger charge is -2.25. The number of carbonyl (C=O) groups excluding carboxylic acids is 1. The van der Waals surface area contributed by atoms with Crippen LogP contribution in [0.4, 0.5) is 4.79 Å². The lowest BCUT2D eigenvalue weighted by atomic mass is 9.93. The molecular formula is C26H32Cl2N2O3. The first kappa shape index (κ1) is 23.0. The van der Waals surface area contributed by atoms with Crippen molar-refractivity contribution in [2.75, 3.05) is 13.1 Å². The fraction of sp³-hybridized carbons (Fsp3) is 0.615. The van der Waals surface area contributed by atoms with Gasteiger partial charge in [-0.1, -0.05) is 34.4 Å². The smallest absolute Gasteiger partial charge is 0.410 e. The summed E-state index contributed by atoms with van der Waals surface area (Å²) >= 11 is 13.0. The van der Waals surface area contributed by atoms with Crippen molar-refractivity contribution in [1.29, 1.82) is 0 Å². The van der Waals surface area contributed by atoms with Crippen LogP contribution in [0.5, 0.6) is 0 Å². The van der Waals surface area contributed by atoms with Gasteiger partial charge in [-0.3, -0.25) is 0 Å². The Labute approximate surface area is 205 Å². The van der Waals surface area contributed by atoms with Gasteiger partial charge in [0.2, 0.25) is 0 Å². The molecule has 0 bridgehead atoms. The summed E-state index contributed by atoms with van der Waals surface area (Å²) in [7, 11) is 0. The highest BCUT2D eigenvalue weighted by molar-refractivity contribution is 6.39. The predicted octanol–water partition coefficient (Wildman–Crippen LogP) is 7.35. The minimum Gasteiger partial charge on any atom is -0.444 e. The van der Waals surface area contributed by atoms with Gasteiger partial charge in [0.05, 0.1) is 10.0 Å². The fourth-order valence-corrected chi connectivity index (χ4v) is 6.21. The number of nitrogens with zero attached hydrogens (tertiary/aromatic N) is 2. The maximum Gasteiger partial charge on any atom is 0.410 e. The van der Waals surface area contributed by atoms with Gasteiger partial charge >= 0.3 is 6.09 Å². The SMILES string of the molecule is CC(C)(C)OC(=O)N1C[C@H]2CC(CCc3c(-c4c(Cl)cccc4Cl)noc3C3CC3)C[C@H]2C1. The largest absolute Gasteiger partial charge is 0.444 e. The maximum atomic E-state index is 12.5. The van der Waals surface area contributed by atoms with E-state index in [0.29, 0.717) is 33.7 Å². The van der Waals surface area contributed by atoms with Crippen LogP contribution in [-0.4, -0.2) is 34.8 Å². The van der Waals surface area contributed by atoms with Crippen molar-refractivity contribution < 1.29 is 14.1 Å². The quantitative estimate of drug-likeness (QED) is 0.439. The van der Waals surface area contributed by atoms with Crippen LogP contribution >= 0.6 is 23.2 Å². The minimum atomic E-state index is -0.447. The Balaban J connectivity index is 1.25. The molecule has 178 valence electrons. The number of halogens is 2. The average molecular weight is 491 g/mol. The Hall–Kier alpha value is -1.72. The summed E-state index contributed by atoms with van der Waals surface area (Å²) in [6.07, 6.45) is 6.49. The molecule has 0 N–H and O–H groups in total. The number of likely N-dealkylation sites (tertiary alicyclic amines) is 1. The maximum absolute atomic E-state index is 12.5. The van der Waals surface area contributed by atoms with Crippen molar-refractivity contribution in [3.8, 4) is 11.3 Å². The molecule has 1 aromatic carbocycles. The predicted molar refractivity (Wildman–Crippen MR) is 130 cm³/mol. The Morgan fingerprint density at radius 3 is 2.36 bits per heavy atom. The van der Waals surface area contributed by atoms with Gasteiger partial charge < -0.3 is 14.2 Å². The van der Waals surface area contributed by atoms with E-state index in [1.54, 1.807) is 0 Å². The number of hydrogen-bond acceptors (Lipinski definition) is 4. The molecule has 1 aliphatic heterocycles. The number of aromatic nitrogens is 1. The zero-order valence-electron chi connectivity index (χ0n) is 19.6. The summed E-state index contributed by atoms with van der Waals surface area (Å²) in [5, 5.41) is 5.65. The molecule has 0 radical (unpaired) electrons. The van der Waals surface area contributed by atoms with Crippen molar-refractivity contribution in [3.05, 3.63) is 39.6 Å². The standard InChI is InChI=1S/C26H32Cl2N2O3/c1-26(2,3)32-25(31)30-13-17-11-15(12-18(17)14-30)7-10-19-23(29-33-24(19)16-8-9-16)22-20(27)5-4-6-21(22)28/h4-6,15-18H,7-14H2,1-3H3/t15?,17-,18+. The van der Waals surface area contributed by atoms with Gasteiger partial charge in [0.1, 0.15) is 17.1 Å². The highest BCUT2D eigenvalue weighted by atomic mass is 35.5. The Morgan fingerprint density at radius 2 is 1.79 bits per heavy atom. The number of hydrogen-bond donors (Lipinski definition) is 0. The lowest BCUT2D eigenvalue weighted by molar-refractivity contribution is 0.0277. The first-order valence-corrected chi connectivity index (χ1v) is 12.9. The third-order valence-electron chi connectivity index (χ3n) is 7.27. The molecule has 33 heavy (non-hydrogen) atoms. The van der Waals surface area contributed by atoms with E-state index in [0.717, 1.165) is 68.6 Å². The van der Waals surface area contributed by atoms with E-state index in [4.69, 9.17) is 32.5 Å². The zero-order valence-corrected chi connectivity index (χ0v) is 21.1.